The monoisotopic (exact) mass is 565 g/mol. The van der Waals surface area contributed by atoms with Crippen molar-refractivity contribution in [1.82, 2.24) is 14.8 Å². The number of aromatic hydroxyl groups is 1. The van der Waals surface area contributed by atoms with Crippen molar-refractivity contribution in [3.8, 4) is 34.0 Å². The van der Waals surface area contributed by atoms with Gasteiger partial charge in [0.1, 0.15) is 24.2 Å². The Kier molecular flexibility index (Phi) is 9.07. The van der Waals surface area contributed by atoms with Gasteiger partial charge >= 0.3 is 0 Å². The Morgan fingerprint density at radius 1 is 0.805 bits per heavy atom. The number of ether oxygens (including phenoxy) is 2. The predicted octanol–water partition coefficient (Wildman–Crippen LogP) is 7.48. The second-order valence-electron chi connectivity index (χ2n) is 10.3. The molecule has 0 bridgehead atoms. The highest BCUT2D eigenvalue weighted by Crippen LogP contribution is 2.31. The zero-order valence-corrected chi connectivity index (χ0v) is 24.7. The van der Waals surface area contributed by atoms with E-state index in [1.165, 1.54) is 11.1 Å². The van der Waals surface area contributed by atoms with Gasteiger partial charge in [-0.05, 0) is 61.7 Å². The summed E-state index contributed by atoms with van der Waals surface area (Å²) in [6, 6.07) is 30.5. The molecule has 6 nitrogen and oxygen atoms in total. The summed E-state index contributed by atoms with van der Waals surface area (Å²) in [5.41, 5.74) is 7.54. The molecular formula is C34H35N3O3S. The summed E-state index contributed by atoms with van der Waals surface area (Å²) >= 11 is 1.59. The van der Waals surface area contributed by atoms with Crippen molar-refractivity contribution >= 4 is 11.8 Å². The average molecular weight is 566 g/mol. The summed E-state index contributed by atoms with van der Waals surface area (Å²) in [4.78, 5) is 0. The molecule has 1 heterocycles. The van der Waals surface area contributed by atoms with Crippen molar-refractivity contribution < 1.29 is 14.6 Å². The summed E-state index contributed by atoms with van der Waals surface area (Å²) in [5, 5.41) is 20.1. The van der Waals surface area contributed by atoms with Gasteiger partial charge in [0.25, 0.3) is 0 Å². The lowest BCUT2D eigenvalue weighted by Gasteiger charge is -2.18. The lowest BCUT2D eigenvalue weighted by atomic mass is 10.0. The minimum Gasteiger partial charge on any atom is -0.508 e. The zero-order chi connectivity index (χ0) is 28.8. The van der Waals surface area contributed by atoms with E-state index in [1.54, 1.807) is 31.0 Å². The molecule has 0 fully saturated rings. The number of hydrogen-bond acceptors (Lipinski definition) is 6. The quantitative estimate of drug-likeness (QED) is 0.168. The maximum absolute atomic E-state index is 10.2. The first-order valence-corrected chi connectivity index (χ1v) is 14.6. The van der Waals surface area contributed by atoms with Crippen LogP contribution < -0.4 is 4.74 Å². The van der Waals surface area contributed by atoms with E-state index < -0.39 is 0 Å². The highest BCUT2D eigenvalue weighted by Gasteiger charge is 2.19. The number of nitrogens with zero attached hydrogens (tertiary/aromatic N) is 3. The van der Waals surface area contributed by atoms with Crippen LogP contribution in [-0.2, 0) is 11.3 Å². The number of aromatic nitrogens is 3. The molecule has 4 aromatic carbocycles. The van der Waals surface area contributed by atoms with Crippen LogP contribution in [-0.4, -0.2) is 45.4 Å². The lowest BCUT2D eigenvalue weighted by Crippen LogP contribution is -2.23. The molecule has 7 heteroatoms. The van der Waals surface area contributed by atoms with E-state index in [4.69, 9.17) is 9.47 Å². The second kappa shape index (κ2) is 13.1. The molecule has 0 radical (unpaired) electrons. The molecule has 0 aliphatic carbocycles. The summed E-state index contributed by atoms with van der Waals surface area (Å²) < 4.78 is 14.2. The van der Waals surface area contributed by atoms with E-state index in [2.05, 4.69) is 83.2 Å². The molecule has 0 amide bonds. The fraction of sp³-hybridized carbons (Fsp3) is 0.235. The van der Waals surface area contributed by atoms with Crippen LogP contribution >= 0.6 is 11.8 Å². The van der Waals surface area contributed by atoms with E-state index in [0.29, 0.717) is 24.7 Å². The van der Waals surface area contributed by atoms with Gasteiger partial charge in [0, 0.05) is 24.0 Å². The van der Waals surface area contributed by atoms with Crippen molar-refractivity contribution in [2.75, 3.05) is 19.5 Å². The van der Waals surface area contributed by atoms with Crippen LogP contribution in [0.15, 0.2) is 96.2 Å². The van der Waals surface area contributed by atoms with Crippen molar-refractivity contribution in [1.29, 1.82) is 0 Å². The van der Waals surface area contributed by atoms with E-state index in [9.17, 15) is 5.11 Å². The van der Waals surface area contributed by atoms with Crippen LogP contribution in [0.2, 0.25) is 0 Å². The molecule has 210 valence electrons. The Morgan fingerprint density at radius 3 is 2.22 bits per heavy atom. The average Bonchev–Trinajstić information content (AvgIpc) is 3.36. The molecule has 41 heavy (non-hydrogen) atoms. The number of thioether (sulfide) groups is 1. The van der Waals surface area contributed by atoms with Gasteiger partial charge in [0.15, 0.2) is 11.0 Å². The molecule has 1 aromatic heterocycles. The number of phenols is 1. The van der Waals surface area contributed by atoms with Crippen LogP contribution in [0.4, 0.5) is 0 Å². The molecule has 0 spiro atoms. The van der Waals surface area contributed by atoms with Crippen LogP contribution in [0.3, 0.4) is 0 Å². The van der Waals surface area contributed by atoms with Gasteiger partial charge in [-0.15, -0.1) is 10.2 Å². The molecule has 1 unspecified atom stereocenters. The molecule has 5 rings (SSSR count). The third kappa shape index (κ3) is 7.17. The number of methoxy groups -OCH3 is 1. The lowest BCUT2D eigenvalue weighted by molar-refractivity contribution is 0.0752. The molecule has 0 aliphatic heterocycles. The Labute approximate surface area is 246 Å². The fourth-order valence-corrected chi connectivity index (χ4v) is 5.59. The topological polar surface area (TPSA) is 69.4 Å². The van der Waals surface area contributed by atoms with Crippen molar-refractivity contribution in [3.63, 3.8) is 0 Å². The van der Waals surface area contributed by atoms with Gasteiger partial charge in [0.05, 0.1) is 6.54 Å². The highest BCUT2D eigenvalue weighted by atomic mass is 32.2. The van der Waals surface area contributed by atoms with Crippen molar-refractivity contribution in [2.24, 2.45) is 0 Å². The van der Waals surface area contributed by atoms with Gasteiger partial charge in [-0.25, -0.2) is 0 Å². The summed E-state index contributed by atoms with van der Waals surface area (Å²) in [5.74, 6) is 2.38. The fourth-order valence-electron chi connectivity index (χ4n) is 4.62. The maximum Gasteiger partial charge on any atom is 0.191 e. The second-order valence-corrected chi connectivity index (χ2v) is 11.3. The van der Waals surface area contributed by atoms with Crippen molar-refractivity contribution in [2.45, 2.75) is 38.6 Å². The molecule has 0 aliphatic rings. The minimum atomic E-state index is -0.165. The summed E-state index contributed by atoms with van der Waals surface area (Å²) in [7, 11) is 1.71. The normalized spacial score (nSPS) is 11.9. The molecule has 1 N–H and O–H groups in total. The Balaban J connectivity index is 1.34. The first kappa shape index (κ1) is 28.5. The predicted molar refractivity (Wildman–Crippen MR) is 166 cm³/mol. The Morgan fingerprint density at radius 2 is 1.51 bits per heavy atom. The molecule has 5 aromatic rings. The summed E-state index contributed by atoms with van der Waals surface area (Å²) in [6.45, 7) is 7.13. The third-order valence-electron chi connectivity index (χ3n) is 6.90. The van der Waals surface area contributed by atoms with Gasteiger partial charge in [-0.1, -0.05) is 89.6 Å². The van der Waals surface area contributed by atoms with Crippen LogP contribution in [0.5, 0.6) is 11.5 Å². The van der Waals surface area contributed by atoms with E-state index >= 15 is 0 Å². The Hall–Kier alpha value is -4.07. The largest absolute Gasteiger partial charge is 0.508 e. The van der Waals surface area contributed by atoms with Gasteiger partial charge in [0.2, 0.25) is 0 Å². The smallest absolute Gasteiger partial charge is 0.191 e. The van der Waals surface area contributed by atoms with Crippen LogP contribution in [0.25, 0.3) is 22.5 Å². The van der Waals surface area contributed by atoms with Gasteiger partial charge < -0.3 is 14.6 Å². The number of hydrogen-bond donors (Lipinski definition) is 1. The van der Waals surface area contributed by atoms with Crippen LogP contribution in [0.1, 0.15) is 22.3 Å². The first-order chi connectivity index (χ1) is 19.9. The number of benzene rings is 4. The zero-order valence-electron chi connectivity index (χ0n) is 23.9. The van der Waals surface area contributed by atoms with Crippen LogP contribution in [0, 0.1) is 20.8 Å². The van der Waals surface area contributed by atoms with E-state index in [0.717, 1.165) is 38.7 Å². The SMILES string of the molecule is COC(COc1ccccc1-c1ccc(C)cc1)CSc1nnc(-c2cc(C)cc(O)c2)n1Cc1ccc(C)cc1. The molecule has 0 saturated heterocycles. The standard InChI is InChI=1S/C34H35N3O3S/c1-23-9-13-26(14-10-23)20-37-33(28-17-25(3)18-29(38)19-28)35-36-34(37)41-22-30(39-4)21-40-32-8-6-5-7-31(32)27-15-11-24(2)12-16-27/h5-19,30,38H,20-22H2,1-4H3. The first-order valence-electron chi connectivity index (χ1n) is 13.6. The van der Waals surface area contributed by atoms with Gasteiger partial charge in [-0.2, -0.15) is 0 Å². The highest BCUT2D eigenvalue weighted by molar-refractivity contribution is 7.99. The number of aryl methyl sites for hydroxylation is 3. The minimum absolute atomic E-state index is 0.165. The maximum atomic E-state index is 10.2. The summed E-state index contributed by atoms with van der Waals surface area (Å²) in [6.07, 6.45) is -0.165. The van der Waals surface area contributed by atoms with E-state index in [-0.39, 0.29) is 11.9 Å². The van der Waals surface area contributed by atoms with Crippen molar-refractivity contribution in [3.05, 3.63) is 113 Å². The van der Waals surface area contributed by atoms with Gasteiger partial charge in [-0.3, -0.25) is 4.57 Å². The number of rotatable bonds is 11. The van der Waals surface area contributed by atoms with E-state index in [1.807, 2.05) is 31.2 Å². The molecule has 0 saturated carbocycles. The third-order valence-corrected chi connectivity index (χ3v) is 8.00. The Bertz CT molecular complexity index is 1580. The molecule has 1 atom stereocenters. The molecular weight excluding hydrogens is 530 g/mol. The number of phenolic OH excluding ortho intramolecular Hbond substituents is 1. The number of para-hydroxylation sites is 1.